The third-order valence-electron chi connectivity index (χ3n) is 4.14. The number of amides is 1. The largest absolute Gasteiger partial charge is 0.363 e. The Morgan fingerprint density at radius 2 is 1.57 bits per heavy atom. The number of carbonyl (C=O) groups is 1. The van der Waals surface area contributed by atoms with Gasteiger partial charge in [-0.25, -0.2) is 0 Å². The summed E-state index contributed by atoms with van der Waals surface area (Å²) in [5.41, 5.74) is 0.669. The molecule has 1 aliphatic rings. The van der Waals surface area contributed by atoms with Crippen molar-refractivity contribution in [3.8, 4) is 0 Å². The van der Waals surface area contributed by atoms with Crippen LogP contribution in [0.4, 0.5) is 5.69 Å². The second-order valence-electron chi connectivity index (χ2n) is 5.44. The number of pyridine rings is 1. The number of aliphatic hydroxyl groups is 1. The molecule has 4 heteroatoms. The monoisotopic (exact) mass is 302 g/mol. The first-order valence-corrected chi connectivity index (χ1v) is 7.35. The van der Waals surface area contributed by atoms with E-state index in [1.807, 2.05) is 60.7 Å². The van der Waals surface area contributed by atoms with E-state index in [4.69, 9.17) is 0 Å². The number of fused-ring (bicyclic) bond motifs is 1. The van der Waals surface area contributed by atoms with Crippen LogP contribution in [0.3, 0.4) is 0 Å². The number of rotatable bonds is 2. The highest BCUT2D eigenvalue weighted by Crippen LogP contribution is 2.44. The number of hydrogen-bond acceptors (Lipinski definition) is 3. The molecular formula is C19H14N2O2. The topological polar surface area (TPSA) is 53.4 Å². The van der Waals surface area contributed by atoms with Gasteiger partial charge in [0.25, 0.3) is 5.91 Å². The van der Waals surface area contributed by atoms with Crippen LogP contribution in [0.1, 0.15) is 21.5 Å². The number of nitrogens with zero attached hydrogens (tertiary/aromatic N) is 2. The van der Waals surface area contributed by atoms with E-state index in [1.54, 1.807) is 18.5 Å². The molecule has 112 valence electrons. The molecule has 0 aliphatic carbocycles. The molecule has 0 fully saturated rings. The van der Waals surface area contributed by atoms with E-state index >= 15 is 0 Å². The third kappa shape index (κ3) is 1.89. The van der Waals surface area contributed by atoms with Crippen LogP contribution in [-0.2, 0) is 5.72 Å². The molecular weight excluding hydrogens is 288 g/mol. The van der Waals surface area contributed by atoms with Crippen LogP contribution in [0.5, 0.6) is 0 Å². The summed E-state index contributed by atoms with van der Waals surface area (Å²) in [7, 11) is 0. The van der Waals surface area contributed by atoms with Crippen molar-refractivity contribution >= 4 is 11.6 Å². The van der Waals surface area contributed by atoms with Gasteiger partial charge < -0.3 is 5.11 Å². The number of anilines is 1. The predicted molar refractivity (Wildman–Crippen MR) is 86.9 cm³/mol. The van der Waals surface area contributed by atoms with E-state index < -0.39 is 5.72 Å². The van der Waals surface area contributed by atoms with E-state index in [-0.39, 0.29) is 5.91 Å². The highest BCUT2D eigenvalue weighted by atomic mass is 16.3. The average molecular weight is 302 g/mol. The lowest BCUT2D eigenvalue weighted by atomic mass is 9.95. The number of carbonyl (C=O) groups excluding carboxylic acids is 1. The Hall–Kier alpha value is -2.98. The molecule has 2 heterocycles. The fourth-order valence-corrected chi connectivity index (χ4v) is 3.08. The molecule has 0 bridgehead atoms. The van der Waals surface area contributed by atoms with Crippen molar-refractivity contribution in [1.29, 1.82) is 0 Å². The predicted octanol–water partition coefficient (Wildman–Crippen LogP) is 2.94. The maximum atomic E-state index is 12.9. The molecule has 1 amide bonds. The number of hydrogen-bond donors (Lipinski definition) is 1. The lowest BCUT2D eigenvalue weighted by Gasteiger charge is -2.34. The zero-order valence-electron chi connectivity index (χ0n) is 12.3. The number of para-hydroxylation sites is 1. The van der Waals surface area contributed by atoms with Crippen LogP contribution in [-0.4, -0.2) is 16.0 Å². The van der Waals surface area contributed by atoms with Gasteiger partial charge >= 0.3 is 0 Å². The van der Waals surface area contributed by atoms with E-state index in [0.717, 1.165) is 0 Å². The lowest BCUT2D eigenvalue weighted by molar-refractivity contribution is 0.0702. The van der Waals surface area contributed by atoms with Gasteiger partial charge in [-0.3, -0.25) is 14.7 Å². The van der Waals surface area contributed by atoms with Crippen molar-refractivity contribution in [3.05, 3.63) is 95.8 Å². The minimum atomic E-state index is -1.57. The van der Waals surface area contributed by atoms with Crippen LogP contribution in [0.15, 0.2) is 79.1 Å². The molecule has 0 radical (unpaired) electrons. The summed E-state index contributed by atoms with van der Waals surface area (Å²) in [6.07, 6.45) is 3.12. The third-order valence-corrected chi connectivity index (χ3v) is 4.14. The van der Waals surface area contributed by atoms with Gasteiger partial charge in [-0.1, -0.05) is 48.5 Å². The van der Waals surface area contributed by atoms with Crippen molar-refractivity contribution in [2.75, 3.05) is 4.90 Å². The molecule has 1 N–H and O–H groups in total. The maximum Gasteiger partial charge on any atom is 0.261 e. The van der Waals surface area contributed by atoms with Gasteiger partial charge in [-0.05, 0) is 18.2 Å². The Kier molecular flexibility index (Phi) is 2.99. The summed E-state index contributed by atoms with van der Waals surface area (Å²) in [5.74, 6) is -0.236. The van der Waals surface area contributed by atoms with Crippen LogP contribution in [0, 0.1) is 0 Å². The molecule has 0 spiro atoms. The molecule has 0 saturated carbocycles. The molecule has 1 aromatic heterocycles. The van der Waals surface area contributed by atoms with Crippen molar-refractivity contribution in [3.63, 3.8) is 0 Å². The second-order valence-corrected chi connectivity index (χ2v) is 5.44. The summed E-state index contributed by atoms with van der Waals surface area (Å²) in [6.45, 7) is 0. The van der Waals surface area contributed by atoms with E-state index in [9.17, 15) is 9.90 Å². The van der Waals surface area contributed by atoms with Gasteiger partial charge in [0, 0.05) is 29.2 Å². The molecule has 1 atom stereocenters. The lowest BCUT2D eigenvalue weighted by Crippen LogP contribution is -2.45. The summed E-state index contributed by atoms with van der Waals surface area (Å²) < 4.78 is 0. The highest BCUT2D eigenvalue weighted by molar-refractivity contribution is 6.12. The first-order chi connectivity index (χ1) is 11.2. The zero-order valence-corrected chi connectivity index (χ0v) is 12.3. The van der Waals surface area contributed by atoms with Gasteiger partial charge in [-0.15, -0.1) is 0 Å². The standard InChI is InChI=1S/C19H14N2O2/c22-18-16-11-12-20-13-17(16)19(23,14-7-3-1-4-8-14)21(18)15-9-5-2-6-10-15/h1-13,23H. The fourth-order valence-electron chi connectivity index (χ4n) is 3.08. The second kappa shape index (κ2) is 5.04. The Balaban J connectivity index is 2.01. The van der Waals surface area contributed by atoms with Crippen LogP contribution in [0.25, 0.3) is 0 Å². The summed E-state index contributed by atoms with van der Waals surface area (Å²) in [4.78, 5) is 18.5. The Morgan fingerprint density at radius 1 is 0.913 bits per heavy atom. The summed E-state index contributed by atoms with van der Waals surface area (Å²) >= 11 is 0. The summed E-state index contributed by atoms with van der Waals surface area (Å²) in [5, 5.41) is 11.6. The van der Waals surface area contributed by atoms with Gasteiger partial charge in [0.15, 0.2) is 5.72 Å². The average Bonchev–Trinajstić information content (AvgIpc) is 2.86. The molecule has 2 aromatic carbocycles. The fraction of sp³-hybridized carbons (Fsp3) is 0.0526. The van der Waals surface area contributed by atoms with Crippen molar-refractivity contribution < 1.29 is 9.90 Å². The number of benzene rings is 2. The SMILES string of the molecule is O=C1c2ccncc2C(O)(c2ccccc2)N1c1ccccc1. The Bertz CT molecular complexity index is 865. The van der Waals surface area contributed by atoms with Crippen LogP contribution >= 0.6 is 0 Å². The molecule has 4 nitrogen and oxygen atoms in total. The van der Waals surface area contributed by atoms with Gasteiger partial charge in [0.1, 0.15) is 0 Å². The van der Waals surface area contributed by atoms with E-state index in [2.05, 4.69) is 4.98 Å². The first kappa shape index (κ1) is 13.7. The summed E-state index contributed by atoms with van der Waals surface area (Å²) in [6, 6.07) is 20.0. The Labute approximate surface area is 133 Å². The molecule has 23 heavy (non-hydrogen) atoms. The first-order valence-electron chi connectivity index (χ1n) is 7.35. The van der Waals surface area contributed by atoms with E-state index in [1.165, 1.54) is 4.90 Å². The zero-order chi connectivity index (χ0) is 15.9. The Morgan fingerprint density at radius 3 is 2.26 bits per heavy atom. The van der Waals surface area contributed by atoms with Crippen molar-refractivity contribution in [2.24, 2.45) is 0 Å². The minimum Gasteiger partial charge on any atom is -0.363 e. The minimum absolute atomic E-state index is 0.236. The molecule has 0 saturated heterocycles. The van der Waals surface area contributed by atoms with Crippen molar-refractivity contribution in [1.82, 2.24) is 4.98 Å². The van der Waals surface area contributed by atoms with E-state index in [0.29, 0.717) is 22.4 Å². The van der Waals surface area contributed by atoms with Crippen LogP contribution < -0.4 is 4.90 Å². The quantitative estimate of drug-likeness (QED) is 0.792. The van der Waals surface area contributed by atoms with Gasteiger partial charge in [0.2, 0.25) is 0 Å². The smallest absolute Gasteiger partial charge is 0.261 e. The van der Waals surface area contributed by atoms with Crippen molar-refractivity contribution in [2.45, 2.75) is 5.72 Å². The maximum absolute atomic E-state index is 12.9. The highest BCUT2D eigenvalue weighted by Gasteiger charge is 2.50. The van der Waals surface area contributed by atoms with Crippen LogP contribution in [0.2, 0.25) is 0 Å². The molecule has 4 rings (SSSR count). The van der Waals surface area contributed by atoms with Gasteiger partial charge in [0.05, 0.1) is 5.56 Å². The normalized spacial score (nSPS) is 19.7. The number of aromatic nitrogens is 1. The molecule has 3 aromatic rings. The molecule has 1 unspecified atom stereocenters. The van der Waals surface area contributed by atoms with Gasteiger partial charge in [-0.2, -0.15) is 0 Å². The molecule has 1 aliphatic heterocycles.